The standard InChI is InChI=1S/C25H21N6O5PS.3Na/c32-37(33,34)31-38(35,36)20-13-18(14-26-16-20)24-29-22-11-6-10-21(17-7-2-1-3-8-17)23(22)25(30-24)28-15-19-9-4-5-12-27-19;;;/h1-14,16H,15H2,(H,28,29,30)(H3,31,32,33,34);;;/q;3*+1/p-2. The normalized spacial score (nSPS) is 11.1. The molecule has 16 heteroatoms. The van der Waals surface area contributed by atoms with Gasteiger partial charge in [-0.2, -0.15) is 4.49 Å². The van der Waals surface area contributed by atoms with Crippen molar-refractivity contribution in [1.82, 2.24) is 24.4 Å². The van der Waals surface area contributed by atoms with Crippen LogP contribution in [0.3, 0.4) is 0 Å². The van der Waals surface area contributed by atoms with E-state index in [1.807, 2.05) is 60.7 Å². The van der Waals surface area contributed by atoms with Crippen LogP contribution in [-0.2, 0) is 21.1 Å². The average molecular weight is 615 g/mol. The zero-order chi connectivity index (χ0) is 26.8. The Bertz CT molecular complexity index is 1780. The summed E-state index contributed by atoms with van der Waals surface area (Å²) in [7, 11) is -10.2. The molecule has 0 aliphatic carbocycles. The molecule has 0 aliphatic heterocycles. The zero-order valence-electron chi connectivity index (χ0n) is 22.6. The van der Waals surface area contributed by atoms with E-state index < -0.39 is 22.7 Å². The first-order valence-electron chi connectivity index (χ1n) is 11.2. The number of hydrogen-bond donors (Lipinski definition) is 2. The smallest absolute Gasteiger partial charge is 0.799 e. The molecule has 41 heavy (non-hydrogen) atoms. The Morgan fingerprint density at radius 1 is 0.829 bits per heavy atom. The maximum atomic E-state index is 12.4. The molecular weight excluding hydrogens is 596 g/mol. The number of sulfonamides is 1. The molecule has 3 heterocycles. The van der Waals surface area contributed by atoms with E-state index in [4.69, 9.17) is 0 Å². The van der Waals surface area contributed by atoms with Crippen LogP contribution < -0.4 is 108 Å². The number of nitrogens with one attached hydrogen (secondary N) is 2. The van der Waals surface area contributed by atoms with E-state index in [2.05, 4.69) is 25.3 Å². The van der Waals surface area contributed by atoms with Gasteiger partial charge in [0.2, 0.25) is 10.0 Å². The van der Waals surface area contributed by atoms with Gasteiger partial charge in [0, 0.05) is 31.9 Å². The van der Waals surface area contributed by atoms with Crippen molar-refractivity contribution < 1.29 is 111 Å². The first kappa shape index (κ1) is 36.1. The Labute approximate surface area is 303 Å². The van der Waals surface area contributed by atoms with E-state index in [1.54, 1.807) is 12.3 Å². The summed E-state index contributed by atoms with van der Waals surface area (Å²) in [6.45, 7) is 0.356. The molecular formula is C25H19N6Na3O5PS+. The van der Waals surface area contributed by atoms with Crippen molar-refractivity contribution in [3.05, 3.63) is 97.1 Å². The molecule has 0 saturated heterocycles. The van der Waals surface area contributed by atoms with Gasteiger partial charge in [0.05, 0.1) is 23.1 Å². The second-order valence-electron chi connectivity index (χ2n) is 8.14. The van der Waals surface area contributed by atoms with Crippen molar-refractivity contribution >= 4 is 34.5 Å². The molecule has 3 aromatic heterocycles. The van der Waals surface area contributed by atoms with Gasteiger partial charge in [-0.1, -0.05) is 48.5 Å². The average Bonchev–Trinajstić information content (AvgIpc) is 2.91. The van der Waals surface area contributed by atoms with Crippen molar-refractivity contribution in [3.8, 4) is 22.5 Å². The first-order valence-corrected chi connectivity index (χ1v) is 14.2. The fourth-order valence-corrected chi connectivity index (χ4v) is 5.94. The molecule has 11 nitrogen and oxygen atoms in total. The van der Waals surface area contributed by atoms with Crippen LogP contribution in [0.15, 0.2) is 96.3 Å². The van der Waals surface area contributed by atoms with E-state index in [9.17, 15) is 22.8 Å². The van der Waals surface area contributed by atoms with Crippen LogP contribution in [0.2, 0.25) is 0 Å². The second-order valence-corrected chi connectivity index (χ2v) is 11.3. The number of pyridine rings is 2. The van der Waals surface area contributed by atoms with E-state index >= 15 is 0 Å². The van der Waals surface area contributed by atoms with Gasteiger partial charge in [-0.05, 0) is 35.4 Å². The van der Waals surface area contributed by atoms with Crippen molar-refractivity contribution in [2.75, 3.05) is 5.32 Å². The third-order valence-electron chi connectivity index (χ3n) is 5.48. The molecule has 0 aliphatic rings. The van der Waals surface area contributed by atoms with E-state index in [-0.39, 0.29) is 100 Å². The first-order chi connectivity index (χ1) is 18.2. The van der Waals surface area contributed by atoms with E-state index in [0.29, 0.717) is 17.9 Å². The minimum Gasteiger partial charge on any atom is -0.799 e. The van der Waals surface area contributed by atoms with Crippen molar-refractivity contribution in [3.63, 3.8) is 0 Å². The summed E-state index contributed by atoms with van der Waals surface area (Å²) in [5.74, 6) is 0.619. The van der Waals surface area contributed by atoms with Crippen LogP contribution in [0.1, 0.15) is 5.69 Å². The number of hydrogen-bond acceptors (Lipinski definition) is 10. The van der Waals surface area contributed by atoms with Gasteiger partial charge in [-0.15, -0.1) is 0 Å². The zero-order valence-corrected chi connectivity index (χ0v) is 30.3. The SMILES string of the molecule is O=P([O-])([O-])NS(=O)(=O)c1cncc(-c2nc(NCc3ccccn3)c3c(-c4ccccc4)cccc3n2)c1.[Na+].[Na+].[Na+]. The minimum atomic E-state index is -5.57. The third kappa shape index (κ3) is 9.21. The molecule has 0 atom stereocenters. The monoisotopic (exact) mass is 615 g/mol. The minimum absolute atomic E-state index is 0. The predicted octanol–water partition coefficient (Wildman–Crippen LogP) is -6.52. The fraction of sp³-hybridized carbons (Fsp3) is 0.0400. The quantitative estimate of drug-likeness (QED) is 0.126. The number of fused-ring (bicyclic) bond motifs is 1. The van der Waals surface area contributed by atoms with E-state index in [0.717, 1.165) is 39.0 Å². The van der Waals surface area contributed by atoms with Crippen molar-refractivity contribution in [1.29, 1.82) is 0 Å². The van der Waals surface area contributed by atoms with Crippen LogP contribution in [0.4, 0.5) is 5.82 Å². The Morgan fingerprint density at radius 3 is 2.24 bits per heavy atom. The summed E-state index contributed by atoms with van der Waals surface area (Å²) in [5.41, 5.74) is 3.40. The number of anilines is 1. The Hall–Kier alpha value is -1.06. The van der Waals surface area contributed by atoms with Gasteiger partial charge in [0.1, 0.15) is 10.7 Å². The second kappa shape index (κ2) is 15.6. The molecule has 0 bridgehead atoms. The molecule has 2 N–H and O–H groups in total. The van der Waals surface area contributed by atoms with Crippen LogP contribution in [0, 0.1) is 0 Å². The van der Waals surface area contributed by atoms with Crippen LogP contribution >= 0.6 is 7.75 Å². The van der Waals surface area contributed by atoms with Crippen LogP contribution in [-0.4, -0.2) is 28.4 Å². The number of aromatic nitrogens is 4. The summed E-state index contributed by atoms with van der Waals surface area (Å²) in [5, 5.41) is 4.06. The number of nitrogens with zero attached hydrogens (tertiary/aromatic N) is 4. The molecule has 2 aromatic carbocycles. The number of benzene rings is 2. The van der Waals surface area contributed by atoms with Gasteiger partial charge in [0.25, 0.3) is 0 Å². The summed E-state index contributed by atoms with van der Waals surface area (Å²) in [6, 6.07) is 22.0. The largest absolute Gasteiger partial charge is 1.00 e. The van der Waals surface area contributed by atoms with Crippen LogP contribution in [0.5, 0.6) is 0 Å². The molecule has 0 saturated carbocycles. The third-order valence-corrected chi connectivity index (χ3v) is 8.18. The predicted molar refractivity (Wildman–Crippen MR) is 138 cm³/mol. The molecule has 0 fully saturated rings. The molecule has 0 radical (unpaired) electrons. The Morgan fingerprint density at radius 2 is 1.56 bits per heavy atom. The van der Waals surface area contributed by atoms with Crippen molar-refractivity contribution in [2.24, 2.45) is 0 Å². The van der Waals surface area contributed by atoms with Crippen molar-refractivity contribution in [2.45, 2.75) is 11.4 Å². The van der Waals surface area contributed by atoms with E-state index in [1.165, 1.54) is 6.20 Å². The van der Waals surface area contributed by atoms with Crippen LogP contribution in [0.25, 0.3) is 33.4 Å². The molecule has 0 spiro atoms. The molecule has 5 aromatic rings. The molecule has 0 unspecified atom stereocenters. The van der Waals surface area contributed by atoms with Gasteiger partial charge in [0.15, 0.2) is 5.82 Å². The maximum Gasteiger partial charge on any atom is 1.00 e. The van der Waals surface area contributed by atoms with Gasteiger partial charge in [-0.3, -0.25) is 9.97 Å². The van der Waals surface area contributed by atoms with Gasteiger partial charge in [-0.25, -0.2) is 18.4 Å². The summed E-state index contributed by atoms with van der Waals surface area (Å²) >= 11 is 0. The molecule has 192 valence electrons. The fourth-order valence-electron chi connectivity index (χ4n) is 3.86. The Balaban J connectivity index is 0.00000196. The van der Waals surface area contributed by atoms with Gasteiger partial charge >= 0.3 is 88.7 Å². The summed E-state index contributed by atoms with van der Waals surface area (Å²) in [4.78, 5) is 39.1. The van der Waals surface area contributed by atoms with Gasteiger partial charge < -0.3 is 19.7 Å². The summed E-state index contributed by atoms with van der Waals surface area (Å²) < 4.78 is 36.9. The topological polar surface area (TPSA) is 173 Å². The number of rotatable bonds is 8. The summed E-state index contributed by atoms with van der Waals surface area (Å²) in [6.07, 6.45) is 3.96. The maximum absolute atomic E-state index is 12.4. The molecule has 0 amide bonds. The molecule has 5 rings (SSSR count). The Kier molecular flexibility index (Phi) is 13.7.